The fourth-order valence-electron chi connectivity index (χ4n) is 4.23. The average Bonchev–Trinajstić information content (AvgIpc) is 3.53. The molecule has 3 aromatic rings. The Morgan fingerprint density at radius 2 is 1.81 bits per heavy atom. The summed E-state index contributed by atoms with van der Waals surface area (Å²) in [4.78, 5) is 15.4. The topological polar surface area (TPSA) is 80.1 Å². The van der Waals surface area contributed by atoms with Crippen LogP contribution in [0.5, 0.6) is 0 Å². The molecule has 36 heavy (non-hydrogen) atoms. The van der Waals surface area contributed by atoms with Crippen LogP contribution < -0.4 is 0 Å². The summed E-state index contributed by atoms with van der Waals surface area (Å²) < 4.78 is 39.8. The molecule has 1 fully saturated rings. The van der Waals surface area contributed by atoms with Crippen LogP contribution in [0.1, 0.15) is 29.9 Å². The highest BCUT2D eigenvalue weighted by Crippen LogP contribution is 2.22. The van der Waals surface area contributed by atoms with Crippen LogP contribution >= 0.6 is 11.6 Å². The van der Waals surface area contributed by atoms with Gasteiger partial charge in [0.05, 0.1) is 24.1 Å². The predicted octanol–water partition coefficient (Wildman–Crippen LogP) is 4.68. The van der Waals surface area contributed by atoms with Crippen molar-refractivity contribution in [2.45, 2.75) is 43.7 Å². The summed E-state index contributed by atoms with van der Waals surface area (Å²) in [5.74, 6) is 1.11. The van der Waals surface area contributed by atoms with Crippen molar-refractivity contribution in [1.82, 2.24) is 9.21 Å². The average molecular weight is 531 g/mol. The van der Waals surface area contributed by atoms with E-state index in [4.69, 9.17) is 20.8 Å². The summed E-state index contributed by atoms with van der Waals surface area (Å²) in [7, 11) is -3.95. The van der Waals surface area contributed by atoms with Crippen LogP contribution in [0.3, 0.4) is 0 Å². The molecule has 4 rings (SSSR count). The molecule has 0 bridgehead atoms. The zero-order valence-corrected chi connectivity index (χ0v) is 21.9. The summed E-state index contributed by atoms with van der Waals surface area (Å²) in [6, 6.07) is 19.6. The Bertz CT molecular complexity index is 1240. The normalized spacial score (nSPS) is 15.9. The number of amides is 1. The zero-order valence-electron chi connectivity index (χ0n) is 20.3. The molecular weight excluding hydrogens is 500 g/mol. The molecule has 1 amide bonds. The third kappa shape index (κ3) is 6.97. The molecule has 0 saturated carbocycles. The first-order valence-electron chi connectivity index (χ1n) is 12.1. The van der Waals surface area contributed by atoms with Gasteiger partial charge in [0.15, 0.2) is 0 Å². The Morgan fingerprint density at radius 1 is 1.06 bits per heavy atom. The number of nitrogens with zero attached hydrogens (tertiary/aromatic N) is 2. The molecule has 1 aromatic heterocycles. The molecule has 0 radical (unpaired) electrons. The van der Waals surface area contributed by atoms with Gasteiger partial charge in [-0.1, -0.05) is 41.9 Å². The van der Waals surface area contributed by atoms with Crippen LogP contribution in [-0.4, -0.2) is 55.9 Å². The molecule has 1 atom stereocenters. The summed E-state index contributed by atoms with van der Waals surface area (Å²) in [6.07, 6.45) is 2.02. The van der Waals surface area contributed by atoms with Crippen molar-refractivity contribution < 1.29 is 22.4 Å². The van der Waals surface area contributed by atoms with E-state index in [1.165, 1.54) is 28.6 Å². The summed E-state index contributed by atoms with van der Waals surface area (Å²) in [5, 5.41) is 0.441. The van der Waals surface area contributed by atoms with Crippen LogP contribution in [0.25, 0.3) is 0 Å². The van der Waals surface area contributed by atoms with Crippen molar-refractivity contribution in [3.63, 3.8) is 0 Å². The maximum absolute atomic E-state index is 13.6. The Morgan fingerprint density at radius 3 is 2.44 bits per heavy atom. The van der Waals surface area contributed by atoms with Crippen molar-refractivity contribution in [1.29, 1.82) is 0 Å². The molecule has 192 valence electrons. The fraction of sp³-hybridized carbons (Fsp3) is 0.370. The monoisotopic (exact) mass is 530 g/mol. The van der Waals surface area contributed by atoms with E-state index in [1.807, 2.05) is 49.4 Å². The number of carbonyl (C=O) groups excluding carboxylic acids is 1. The third-order valence-corrected chi connectivity index (χ3v) is 8.28. The van der Waals surface area contributed by atoms with E-state index in [1.54, 1.807) is 4.90 Å². The van der Waals surface area contributed by atoms with E-state index >= 15 is 0 Å². The third-order valence-electron chi connectivity index (χ3n) is 6.20. The smallest absolute Gasteiger partial charge is 0.243 e. The molecule has 1 saturated heterocycles. The minimum atomic E-state index is -3.95. The second-order valence-corrected chi connectivity index (χ2v) is 11.3. The molecule has 9 heteroatoms. The van der Waals surface area contributed by atoms with Gasteiger partial charge in [0, 0.05) is 24.7 Å². The van der Waals surface area contributed by atoms with E-state index in [2.05, 4.69) is 0 Å². The van der Waals surface area contributed by atoms with E-state index in [0.717, 1.165) is 24.2 Å². The van der Waals surface area contributed by atoms with Gasteiger partial charge in [0.25, 0.3) is 0 Å². The SMILES string of the molecule is Cc1ccc(CN(CCc2ccccc2)C(=O)CN(C[C@@H]2CCCO2)S(=O)(=O)c2ccc(Cl)cc2)o1. The lowest BCUT2D eigenvalue weighted by molar-refractivity contribution is -0.132. The maximum atomic E-state index is 13.6. The summed E-state index contributed by atoms with van der Waals surface area (Å²) >= 11 is 5.97. The first kappa shape index (κ1) is 26.4. The molecule has 0 N–H and O–H groups in total. The van der Waals surface area contributed by atoms with Gasteiger partial charge >= 0.3 is 0 Å². The quantitative estimate of drug-likeness (QED) is 0.359. The molecule has 0 unspecified atom stereocenters. The lowest BCUT2D eigenvalue weighted by Gasteiger charge is -2.28. The van der Waals surface area contributed by atoms with Gasteiger partial charge in [-0.25, -0.2) is 8.42 Å². The van der Waals surface area contributed by atoms with E-state index in [-0.39, 0.29) is 36.5 Å². The second-order valence-electron chi connectivity index (χ2n) is 8.95. The van der Waals surface area contributed by atoms with Crippen molar-refractivity contribution in [3.05, 3.63) is 88.8 Å². The highest BCUT2D eigenvalue weighted by Gasteiger charge is 2.32. The number of carbonyl (C=O) groups is 1. The fourth-order valence-corrected chi connectivity index (χ4v) is 5.78. The van der Waals surface area contributed by atoms with Gasteiger partial charge in [-0.3, -0.25) is 4.79 Å². The van der Waals surface area contributed by atoms with Crippen molar-refractivity contribution in [2.75, 3.05) is 26.2 Å². The number of benzene rings is 2. The van der Waals surface area contributed by atoms with E-state index < -0.39 is 10.0 Å². The van der Waals surface area contributed by atoms with Crippen LogP contribution in [0.4, 0.5) is 0 Å². The van der Waals surface area contributed by atoms with Gasteiger partial charge < -0.3 is 14.1 Å². The van der Waals surface area contributed by atoms with Crippen LogP contribution in [0, 0.1) is 6.92 Å². The number of halogens is 1. The van der Waals surface area contributed by atoms with Gasteiger partial charge in [0.2, 0.25) is 15.9 Å². The number of sulfonamides is 1. The lowest BCUT2D eigenvalue weighted by atomic mass is 10.1. The van der Waals surface area contributed by atoms with Gasteiger partial charge in [-0.2, -0.15) is 4.31 Å². The highest BCUT2D eigenvalue weighted by molar-refractivity contribution is 7.89. The van der Waals surface area contributed by atoms with Crippen molar-refractivity contribution >= 4 is 27.5 Å². The minimum Gasteiger partial charge on any atom is -0.464 e. The minimum absolute atomic E-state index is 0.0928. The zero-order chi connectivity index (χ0) is 25.5. The maximum Gasteiger partial charge on any atom is 0.243 e. The standard InChI is InChI=1S/C27H31ClN2O5S/c1-21-9-12-25(35-21)18-29(16-15-22-6-3-2-4-7-22)27(31)20-30(19-24-8-5-17-34-24)36(32,33)26-13-10-23(28)11-14-26/h2-4,6-7,9-14,24H,5,8,15-20H2,1H3/t24-/m0/s1. The van der Waals surface area contributed by atoms with Gasteiger partial charge in [-0.15, -0.1) is 0 Å². The summed E-state index contributed by atoms with van der Waals surface area (Å²) in [5.41, 5.74) is 1.09. The van der Waals surface area contributed by atoms with Gasteiger partial charge in [0.1, 0.15) is 11.5 Å². The molecule has 0 spiro atoms. The lowest BCUT2D eigenvalue weighted by Crippen LogP contribution is -2.45. The van der Waals surface area contributed by atoms with Crippen LogP contribution in [-0.2, 0) is 32.5 Å². The first-order valence-corrected chi connectivity index (χ1v) is 13.9. The number of ether oxygens (including phenoxy) is 1. The number of rotatable bonds is 11. The second kappa shape index (κ2) is 12.1. The number of aryl methyl sites for hydroxylation is 1. The predicted molar refractivity (Wildman–Crippen MR) is 138 cm³/mol. The van der Waals surface area contributed by atoms with Crippen LogP contribution in [0.15, 0.2) is 76.0 Å². The number of hydrogen-bond acceptors (Lipinski definition) is 5. The molecule has 7 nitrogen and oxygen atoms in total. The molecule has 1 aliphatic heterocycles. The Balaban J connectivity index is 1.56. The molecule has 2 aromatic carbocycles. The Labute approximate surface area is 217 Å². The highest BCUT2D eigenvalue weighted by atomic mass is 35.5. The Kier molecular flexibility index (Phi) is 8.85. The molecule has 1 aliphatic rings. The first-order chi connectivity index (χ1) is 17.3. The number of furan rings is 1. The van der Waals surface area contributed by atoms with Crippen molar-refractivity contribution in [2.24, 2.45) is 0 Å². The molecule has 0 aliphatic carbocycles. The van der Waals surface area contributed by atoms with Gasteiger partial charge in [-0.05, 0) is 68.1 Å². The van der Waals surface area contributed by atoms with Crippen LogP contribution in [0.2, 0.25) is 5.02 Å². The van der Waals surface area contributed by atoms with E-state index in [9.17, 15) is 13.2 Å². The molecule has 2 heterocycles. The number of hydrogen-bond donors (Lipinski definition) is 0. The Hall–Kier alpha value is -2.65. The molecular formula is C27H31ClN2O5S. The largest absolute Gasteiger partial charge is 0.464 e. The summed E-state index contributed by atoms with van der Waals surface area (Å²) in [6.45, 7) is 2.95. The van der Waals surface area contributed by atoms with Crippen molar-refractivity contribution in [3.8, 4) is 0 Å². The van der Waals surface area contributed by atoms with E-state index in [0.29, 0.717) is 30.4 Å².